The fourth-order valence-corrected chi connectivity index (χ4v) is 1.62. The second-order valence-corrected chi connectivity index (χ2v) is 5.56. The molecule has 18 heavy (non-hydrogen) atoms. The van der Waals surface area contributed by atoms with Crippen LogP contribution in [0.3, 0.4) is 0 Å². The molecule has 0 aliphatic heterocycles. The SMILES string of the molecule is CC(Cc1ccccc1)NC(=O)COC(C)(C)C. The van der Waals surface area contributed by atoms with Gasteiger partial charge < -0.3 is 10.1 Å². The Labute approximate surface area is 110 Å². The van der Waals surface area contributed by atoms with Crippen LogP contribution >= 0.6 is 0 Å². The number of hydrogen-bond donors (Lipinski definition) is 1. The van der Waals surface area contributed by atoms with Gasteiger partial charge in [0.2, 0.25) is 5.91 Å². The highest BCUT2D eigenvalue weighted by atomic mass is 16.5. The van der Waals surface area contributed by atoms with Crippen molar-refractivity contribution in [1.82, 2.24) is 5.32 Å². The van der Waals surface area contributed by atoms with Gasteiger partial charge >= 0.3 is 0 Å². The molecule has 1 N–H and O–H groups in total. The maximum atomic E-state index is 11.7. The molecule has 0 fully saturated rings. The summed E-state index contributed by atoms with van der Waals surface area (Å²) in [6.45, 7) is 7.93. The number of rotatable bonds is 5. The molecule has 0 aliphatic carbocycles. The molecule has 3 heteroatoms. The Morgan fingerprint density at radius 1 is 1.28 bits per heavy atom. The minimum Gasteiger partial charge on any atom is -0.366 e. The van der Waals surface area contributed by atoms with Crippen molar-refractivity contribution >= 4 is 5.91 Å². The fraction of sp³-hybridized carbons (Fsp3) is 0.533. The molecule has 0 radical (unpaired) electrons. The lowest BCUT2D eigenvalue weighted by Gasteiger charge is -2.20. The number of ether oxygens (including phenoxy) is 1. The molecule has 1 rings (SSSR count). The third-order valence-electron chi connectivity index (χ3n) is 2.43. The molecule has 0 saturated heterocycles. The fourth-order valence-electron chi connectivity index (χ4n) is 1.62. The molecule has 1 aromatic carbocycles. The van der Waals surface area contributed by atoms with Crippen molar-refractivity contribution in [3.05, 3.63) is 35.9 Å². The molecule has 1 atom stereocenters. The Balaban J connectivity index is 2.32. The van der Waals surface area contributed by atoms with E-state index in [2.05, 4.69) is 17.4 Å². The zero-order valence-electron chi connectivity index (χ0n) is 11.7. The number of benzene rings is 1. The average Bonchev–Trinajstić information content (AvgIpc) is 2.26. The van der Waals surface area contributed by atoms with E-state index >= 15 is 0 Å². The van der Waals surface area contributed by atoms with E-state index in [1.54, 1.807) is 0 Å². The molecule has 0 aliphatic rings. The van der Waals surface area contributed by atoms with Crippen LogP contribution in [0.15, 0.2) is 30.3 Å². The highest BCUT2D eigenvalue weighted by Gasteiger charge is 2.14. The summed E-state index contributed by atoms with van der Waals surface area (Å²) in [5, 5.41) is 2.94. The van der Waals surface area contributed by atoms with Crippen molar-refractivity contribution in [1.29, 1.82) is 0 Å². The van der Waals surface area contributed by atoms with Crippen molar-refractivity contribution < 1.29 is 9.53 Å². The molecule has 0 spiro atoms. The number of carbonyl (C=O) groups excluding carboxylic acids is 1. The van der Waals surface area contributed by atoms with Crippen molar-refractivity contribution in [3.8, 4) is 0 Å². The molecule has 1 unspecified atom stereocenters. The zero-order valence-corrected chi connectivity index (χ0v) is 11.7. The first kappa shape index (κ1) is 14.7. The maximum absolute atomic E-state index is 11.7. The molecular weight excluding hydrogens is 226 g/mol. The van der Waals surface area contributed by atoms with E-state index in [1.807, 2.05) is 45.9 Å². The number of nitrogens with one attached hydrogen (secondary N) is 1. The third kappa shape index (κ3) is 6.40. The Morgan fingerprint density at radius 3 is 2.44 bits per heavy atom. The van der Waals surface area contributed by atoms with Gasteiger partial charge in [0.1, 0.15) is 6.61 Å². The quantitative estimate of drug-likeness (QED) is 0.871. The minimum absolute atomic E-state index is 0.0617. The Hall–Kier alpha value is -1.35. The second kappa shape index (κ2) is 6.55. The van der Waals surface area contributed by atoms with Crippen LogP contribution in [0.4, 0.5) is 0 Å². The maximum Gasteiger partial charge on any atom is 0.246 e. The summed E-state index contributed by atoms with van der Waals surface area (Å²) >= 11 is 0. The van der Waals surface area contributed by atoms with E-state index in [1.165, 1.54) is 5.56 Å². The van der Waals surface area contributed by atoms with Crippen LogP contribution < -0.4 is 5.32 Å². The van der Waals surface area contributed by atoms with Gasteiger partial charge in [-0.05, 0) is 39.7 Å². The van der Waals surface area contributed by atoms with Crippen molar-refractivity contribution in [2.24, 2.45) is 0 Å². The first-order valence-corrected chi connectivity index (χ1v) is 6.34. The van der Waals surface area contributed by atoms with Crippen LogP contribution in [0.5, 0.6) is 0 Å². The summed E-state index contributed by atoms with van der Waals surface area (Å²) in [4.78, 5) is 11.7. The summed E-state index contributed by atoms with van der Waals surface area (Å²) in [7, 11) is 0. The van der Waals surface area contributed by atoms with Gasteiger partial charge in [0.25, 0.3) is 0 Å². The lowest BCUT2D eigenvalue weighted by Crippen LogP contribution is -2.38. The van der Waals surface area contributed by atoms with Crippen LogP contribution in [0.2, 0.25) is 0 Å². The molecule has 0 saturated carbocycles. The predicted molar refractivity (Wildman–Crippen MR) is 73.5 cm³/mol. The summed E-state index contributed by atoms with van der Waals surface area (Å²) in [6, 6.07) is 10.2. The molecule has 0 heterocycles. The number of hydrogen-bond acceptors (Lipinski definition) is 2. The number of amides is 1. The molecule has 3 nitrogen and oxygen atoms in total. The van der Waals surface area contributed by atoms with Gasteiger partial charge in [0.05, 0.1) is 5.60 Å². The summed E-state index contributed by atoms with van der Waals surface area (Å²) < 4.78 is 5.43. The standard InChI is InChI=1S/C15H23NO2/c1-12(10-13-8-6-5-7-9-13)16-14(17)11-18-15(2,3)4/h5-9,12H,10-11H2,1-4H3,(H,16,17). The topological polar surface area (TPSA) is 38.3 Å². The molecule has 100 valence electrons. The lowest BCUT2D eigenvalue weighted by atomic mass is 10.1. The highest BCUT2D eigenvalue weighted by molar-refractivity contribution is 5.77. The Morgan fingerprint density at radius 2 is 1.89 bits per heavy atom. The molecule has 0 aromatic heterocycles. The number of carbonyl (C=O) groups is 1. The summed E-state index contributed by atoms with van der Waals surface area (Å²) in [5.74, 6) is -0.0617. The monoisotopic (exact) mass is 249 g/mol. The predicted octanol–water partition coefficient (Wildman–Crippen LogP) is 2.55. The van der Waals surface area contributed by atoms with E-state index in [9.17, 15) is 4.79 Å². The first-order chi connectivity index (χ1) is 8.37. The van der Waals surface area contributed by atoms with Gasteiger partial charge in [-0.2, -0.15) is 0 Å². The summed E-state index contributed by atoms with van der Waals surface area (Å²) in [6.07, 6.45) is 0.835. The molecular formula is C15H23NO2. The van der Waals surface area contributed by atoms with Crippen LogP contribution in [0.25, 0.3) is 0 Å². The van der Waals surface area contributed by atoms with Gasteiger partial charge in [-0.15, -0.1) is 0 Å². The first-order valence-electron chi connectivity index (χ1n) is 6.34. The zero-order chi connectivity index (χ0) is 13.6. The van der Waals surface area contributed by atoms with E-state index in [-0.39, 0.29) is 24.2 Å². The van der Waals surface area contributed by atoms with E-state index in [4.69, 9.17) is 4.74 Å². The lowest BCUT2D eigenvalue weighted by molar-refractivity contribution is -0.131. The van der Waals surface area contributed by atoms with Crippen molar-refractivity contribution in [2.75, 3.05) is 6.61 Å². The van der Waals surface area contributed by atoms with Crippen LogP contribution in [0, 0.1) is 0 Å². The minimum atomic E-state index is -0.278. The van der Waals surface area contributed by atoms with Crippen LogP contribution in [-0.4, -0.2) is 24.2 Å². The van der Waals surface area contributed by atoms with Crippen molar-refractivity contribution in [3.63, 3.8) is 0 Å². The molecule has 1 aromatic rings. The van der Waals surface area contributed by atoms with Gasteiger partial charge in [-0.1, -0.05) is 30.3 Å². The normalized spacial score (nSPS) is 13.1. The van der Waals surface area contributed by atoms with Crippen LogP contribution in [-0.2, 0) is 16.0 Å². The van der Waals surface area contributed by atoms with E-state index in [0.29, 0.717) is 0 Å². The van der Waals surface area contributed by atoms with E-state index in [0.717, 1.165) is 6.42 Å². The van der Waals surface area contributed by atoms with Gasteiger partial charge in [0, 0.05) is 6.04 Å². The summed E-state index contributed by atoms with van der Waals surface area (Å²) in [5.41, 5.74) is 0.946. The van der Waals surface area contributed by atoms with Gasteiger partial charge in [-0.25, -0.2) is 0 Å². The molecule has 1 amide bonds. The smallest absolute Gasteiger partial charge is 0.246 e. The van der Waals surface area contributed by atoms with Crippen molar-refractivity contribution in [2.45, 2.75) is 45.8 Å². The third-order valence-corrected chi connectivity index (χ3v) is 2.43. The largest absolute Gasteiger partial charge is 0.366 e. The Kier molecular flexibility index (Phi) is 5.35. The second-order valence-electron chi connectivity index (χ2n) is 5.56. The average molecular weight is 249 g/mol. The Bertz CT molecular complexity index is 368. The molecule has 0 bridgehead atoms. The van der Waals surface area contributed by atoms with Gasteiger partial charge in [-0.3, -0.25) is 4.79 Å². The van der Waals surface area contributed by atoms with E-state index < -0.39 is 0 Å². The highest BCUT2D eigenvalue weighted by Crippen LogP contribution is 2.06. The van der Waals surface area contributed by atoms with Crippen LogP contribution in [0.1, 0.15) is 33.3 Å². The van der Waals surface area contributed by atoms with Gasteiger partial charge in [0.15, 0.2) is 0 Å².